The van der Waals surface area contributed by atoms with Gasteiger partial charge in [0.05, 0.1) is 0 Å². The molecule has 0 amide bonds. The standard InChI is InChI=1S/C17H28N2/c1-5-19(12-13(2)3)16-11-10-14-8-6-7-9-15(14)17(16)18-4/h6-9,13,16-18H,5,10-12H2,1-4H3. The molecule has 2 nitrogen and oxygen atoms in total. The number of rotatable bonds is 5. The smallest absolute Gasteiger partial charge is 0.0478 e. The highest BCUT2D eigenvalue weighted by molar-refractivity contribution is 5.34. The molecule has 1 aliphatic carbocycles. The third kappa shape index (κ3) is 3.18. The summed E-state index contributed by atoms with van der Waals surface area (Å²) < 4.78 is 0. The zero-order valence-corrected chi connectivity index (χ0v) is 12.8. The van der Waals surface area contributed by atoms with Crippen molar-refractivity contribution in [3.8, 4) is 0 Å². The van der Waals surface area contributed by atoms with Crippen LogP contribution in [0.1, 0.15) is 44.4 Å². The Bertz CT molecular complexity index is 400. The minimum atomic E-state index is 0.476. The van der Waals surface area contributed by atoms with Gasteiger partial charge < -0.3 is 5.32 Å². The molecule has 19 heavy (non-hydrogen) atoms. The molecule has 0 spiro atoms. The van der Waals surface area contributed by atoms with E-state index in [0.29, 0.717) is 12.1 Å². The summed E-state index contributed by atoms with van der Waals surface area (Å²) in [6.45, 7) is 9.25. The van der Waals surface area contributed by atoms with Gasteiger partial charge in [0.25, 0.3) is 0 Å². The van der Waals surface area contributed by atoms with E-state index in [2.05, 4.69) is 62.3 Å². The molecule has 0 fully saturated rings. The van der Waals surface area contributed by atoms with Crippen LogP contribution in [-0.2, 0) is 6.42 Å². The Kier molecular flexibility index (Phi) is 5.00. The molecule has 0 aromatic heterocycles. The Morgan fingerprint density at radius 3 is 2.68 bits per heavy atom. The molecule has 106 valence electrons. The van der Waals surface area contributed by atoms with Gasteiger partial charge in [-0.3, -0.25) is 4.90 Å². The average molecular weight is 260 g/mol. The minimum absolute atomic E-state index is 0.476. The largest absolute Gasteiger partial charge is 0.312 e. The van der Waals surface area contributed by atoms with Gasteiger partial charge in [0.1, 0.15) is 0 Å². The molecule has 0 aliphatic heterocycles. The fraction of sp³-hybridized carbons (Fsp3) is 0.647. The van der Waals surface area contributed by atoms with Gasteiger partial charge >= 0.3 is 0 Å². The Hall–Kier alpha value is -0.860. The van der Waals surface area contributed by atoms with E-state index in [4.69, 9.17) is 0 Å². The average Bonchev–Trinajstić information content (AvgIpc) is 2.43. The number of nitrogens with zero attached hydrogens (tertiary/aromatic N) is 1. The van der Waals surface area contributed by atoms with Crippen molar-refractivity contribution in [2.45, 2.75) is 45.7 Å². The van der Waals surface area contributed by atoms with E-state index in [1.165, 1.54) is 30.5 Å². The third-order valence-corrected chi connectivity index (χ3v) is 4.27. The van der Waals surface area contributed by atoms with Crippen molar-refractivity contribution in [3.05, 3.63) is 35.4 Å². The van der Waals surface area contributed by atoms with Crippen LogP contribution in [0.2, 0.25) is 0 Å². The van der Waals surface area contributed by atoms with Crippen molar-refractivity contribution in [1.29, 1.82) is 0 Å². The highest BCUT2D eigenvalue weighted by atomic mass is 15.2. The maximum Gasteiger partial charge on any atom is 0.0478 e. The van der Waals surface area contributed by atoms with Crippen LogP contribution in [0.4, 0.5) is 0 Å². The zero-order chi connectivity index (χ0) is 13.8. The van der Waals surface area contributed by atoms with Gasteiger partial charge in [-0.05, 0) is 43.5 Å². The minimum Gasteiger partial charge on any atom is -0.312 e. The summed E-state index contributed by atoms with van der Waals surface area (Å²) in [4.78, 5) is 2.65. The summed E-state index contributed by atoms with van der Waals surface area (Å²) in [6.07, 6.45) is 2.48. The first-order valence-corrected chi connectivity index (χ1v) is 7.66. The molecule has 0 saturated heterocycles. The van der Waals surface area contributed by atoms with Gasteiger partial charge in [-0.1, -0.05) is 45.0 Å². The lowest BCUT2D eigenvalue weighted by atomic mass is 9.83. The first kappa shape index (κ1) is 14.5. The Balaban J connectivity index is 2.23. The van der Waals surface area contributed by atoms with Gasteiger partial charge in [-0.2, -0.15) is 0 Å². The normalized spacial score (nSPS) is 22.8. The molecule has 0 heterocycles. The van der Waals surface area contributed by atoms with Crippen molar-refractivity contribution in [2.24, 2.45) is 5.92 Å². The number of nitrogens with one attached hydrogen (secondary N) is 1. The van der Waals surface area contributed by atoms with E-state index in [0.717, 1.165) is 12.5 Å². The number of fused-ring (bicyclic) bond motifs is 1. The van der Waals surface area contributed by atoms with Crippen LogP contribution in [0.25, 0.3) is 0 Å². The number of hydrogen-bond acceptors (Lipinski definition) is 2. The van der Waals surface area contributed by atoms with Gasteiger partial charge in [0, 0.05) is 18.6 Å². The highest BCUT2D eigenvalue weighted by Gasteiger charge is 2.31. The predicted octanol–water partition coefficient (Wildman–Crippen LogP) is 3.24. The SMILES string of the molecule is CCN(CC(C)C)C1CCc2ccccc2C1NC. The first-order valence-electron chi connectivity index (χ1n) is 7.66. The number of likely N-dealkylation sites (N-methyl/N-ethyl adjacent to an activating group) is 2. The monoisotopic (exact) mass is 260 g/mol. The Labute approximate surface area is 118 Å². The zero-order valence-electron chi connectivity index (χ0n) is 12.8. The molecule has 0 saturated carbocycles. The second kappa shape index (κ2) is 6.53. The molecule has 1 aromatic rings. The molecule has 1 aromatic carbocycles. The summed E-state index contributed by atoms with van der Waals surface area (Å²) in [5, 5.41) is 3.56. The Morgan fingerprint density at radius 2 is 2.05 bits per heavy atom. The van der Waals surface area contributed by atoms with E-state index < -0.39 is 0 Å². The van der Waals surface area contributed by atoms with Crippen molar-refractivity contribution >= 4 is 0 Å². The molecule has 1 N–H and O–H groups in total. The van der Waals surface area contributed by atoms with E-state index in [-0.39, 0.29) is 0 Å². The molecule has 1 aliphatic rings. The summed E-state index contributed by atoms with van der Waals surface area (Å²) in [5.74, 6) is 0.731. The van der Waals surface area contributed by atoms with Crippen LogP contribution in [0.15, 0.2) is 24.3 Å². The quantitative estimate of drug-likeness (QED) is 0.874. The van der Waals surface area contributed by atoms with Gasteiger partial charge in [-0.25, -0.2) is 0 Å². The van der Waals surface area contributed by atoms with E-state index in [9.17, 15) is 0 Å². The predicted molar refractivity (Wildman–Crippen MR) is 82.4 cm³/mol. The number of benzene rings is 1. The number of aryl methyl sites for hydroxylation is 1. The summed E-state index contributed by atoms with van der Waals surface area (Å²) >= 11 is 0. The molecule has 2 unspecified atom stereocenters. The lowest BCUT2D eigenvalue weighted by Crippen LogP contribution is -2.47. The number of hydrogen-bond donors (Lipinski definition) is 1. The lowest BCUT2D eigenvalue weighted by molar-refractivity contribution is 0.135. The van der Waals surface area contributed by atoms with Crippen LogP contribution >= 0.6 is 0 Å². The Morgan fingerprint density at radius 1 is 1.32 bits per heavy atom. The molecule has 2 rings (SSSR count). The molecule has 0 radical (unpaired) electrons. The van der Waals surface area contributed by atoms with Crippen LogP contribution in [0, 0.1) is 5.92 Å². The second-order valence-corrected chi connectivity index (χ2v) is 6.05. The maximum absolute atomic E-state index is 3.56. The van der Waals surface area contributed by atoms with Crippen molar-refractivity contribution < 1.29 is 0 Å². The molecular weight excluding hydrogens is 232 g/mol. The van der Waals surface area contributed by atoms with Crippen LogP contribution < -0.4 is 5.32 Å². The summed E-state index contributed by atoms with van der Waals surface area (Å²) in [6, 6.07) is 10.0. The van der Waals surface area contributed by atoms with E-state index in [1.54, 1.807) is 0 Å². The van der Waals surface area contributed by atoms with Crippen LogP contribution in [0.5, 0.6) is 0 Å². The fourth-order valence-electron chi connectivity index (χ4n) is 3.45. The maximum atomic E-state index is 3.56. The third-order valence-electron chi connectivity index (χ3n) is 4.27. The van der Waals surface area contributed by atoms with E-state index >= 15 is 0 Å². The van der Waals surface area contributed by atoms with Gasteiger partial charge in [0.15, 0.2) is 0 Å². The van der Waals surface area contributed by atoms with Crippen molar-refractivity contribution in [3.63, 3.8) is 0 Å². The molecule has 0 bridgehead atoms. The topological polar surface area (TPSA) is 15.3 Å². The molecule has 2 heteroatoms. The van der Waals surface area contributed by atoms with Gasteiger partial charge in [0.2, 0.25) is 0 Å². The summed E-state index contributed by atoms with van der Waals surface area (Å²) in [7, 11) is 2.10. The molecule has 2 atom stereocenters. The van der Waals surface area contributed by atoms with Crippen LogP contribution in [0.3, 0.4) is 0 Å². The summed E-state index contributed by atoms with van der Waals surface area (Å²) in [5.41, 5.74) is 3.03. The van der Waals surface area contributed by atoms with E-state index in [1.807, 2.05) is 0 Å². The first-order chi connectivity index (χ1) is 9.17. The second-order valence-electron chi connectivity index (χ2n) is 6.05. The lowest BCUT2D eigenvalue weighted by Gasteiger charge is -2.41. The highest BCUT2D eigenvalue weighted by Crippen LogP contribution is 2.33. The fourth-order valence-corrected chi connectivity index (χ4v) is 3.45. The van der Waals surface area contributed by atoms with Crippen LogP contribution in [-0.4, -0.2) is 31.1 Å². The van der Waals surface area contributed by atoms with Crippen molar-refractivity contribution in [1.82, 2.24) is 10.2 Å². The molecular formula is C17H28N2. The van der Waals surface area contributed by atoms with Gasteiger partial charge in [-0.15, -0.1) is 0 Å². The van der Waals surface area contributed by atoms with Crippen molar-refractivity contribution in [2.75, 3.05) is 20.1 Å².